The molecule has 0 heterocycles. The number of hydrogen-bond acceptors (Lipinski definition) is 5. The highest BCUT2D eigenvalue weighted by molar-refractivity contribution is 5.96. The van der Waals surface area contributed by atoms with Gasteiger partial charge in [0.25, 0.3) is 0 Å². The molecular formula is C13H22O5. The fourth-order valence-electron chi connectivity index (χ4n) is 2.10. The third kappa shape index (κ3) is 5.60. The molecule has 0 aromatic heterocycles. The maximum absolute atomic E-state index is 11.5. The van der Waals surface area contributed by atoms with Crippen molar-refractivity contribution < 1.29 is 23.8 Å². The molecule has 0 spiro atoms. The zero-order chi connectivity index (χ0) is 13.4. The summed E-state index contributed by atoms with van der Waals surface area (Å²) in [5.41, 5.74) is 0. The van der Waals surface area contributed by atoms with Crippen molar-refractivity contribution in [3.63, 3.8) is 0 Å². The first-order valence-corrected chi connectivity index (χ1v) is 6.47. The molecule has 0 radical (unpaired) electrons. The van der Waals surface area contributed by atoms with E-state index in [9.17, 15) is 9.59 Å². The molecule has 0 aromatic rings. The Morgan fingerprint density at radius 2 is 1.94 bits per heavy atom. The first-order valence-electron chi connectivity index (χ1n) is 6.47. The molecule has 5 nitrogen and oxygen atoms in total. The molecule has 1 saturated carbocycles. The summed E-state index contributed by atoms with van der Waals surface area (Å²) in [6.07, 6.45) is 3.96. The Bertz CT molecular complexity index is 277. The molecular weight excluding hydrogens is 236 g/mol. The van der Waals surface area contributed by atoms with Gasteiger partial charge in [-0.2, -0.15) is 0 Å². The van der Waals surface area contributed by atoms with Crippen LogP contribution in [0.15, 0.2) is 0 Å². The van der Waals surface area contributed by atoms with Crippen LogP contribution < -0.4 is 0 Å². The van der Waals surface area contributed by atoms with Gasteiger partial charge >= 0.3 is 5.97 Å². The third-order valence-corrected chi connectivity index (χ3v) is 3.04. The minimum absolute atomic E-state index is 0.0140. The number of hydrogen-bond donors (Lipinski definition) is 0. The maximum atomic E-state index is 11.5. The van der Waals surface area contributed by atoms with Gasteiger partial charge in [-0.05, 0) is 32.6 Å². The zero-order valence-corrected chi connectivity index (χ0v) is 11.1. The first-order chi connectivity index (χ1) is 8.65. The van der Waals surface area contributed by atoms with E-state index in [2.05, 4.69) is 0 Å². The summed E-state index contributed by atoms with van der Waals surface area (Å²) in [7, 11) is 1.69. The minimum atomic E-state index is -0.482. The van der Waals surface area contributed by atoms with Crippen LogP contribution in [0, 0.1) is 0 Å². The van der Waals surface area contributed by atoms with Gasteiger partial charge in [0.1, 0.15) is 13.0 Å². The number of carbonyl (C=O) groups is 2. The Morgan fingerprint density at radius 3 is 2.61 bits per heavy atom. The van der Waals surface area contributed by atoms with Crippen molar-refractivity contribution >= 4 is 11.8 Å². The number of methoxy groups -OCH3 is 1. The molecule has 18 heavy (non-hydrogen) atoms. The van der Waals surface area contributed by atoms with E-state index in [-0.39, 0.29) is 31.0 Å². The van der Waals surface area contributed by atoms with E-state index in [4.69, 9.17) is 14.2 Å². The highest BCUT2D eigenvalue weighted by Crippen LogP contribution is 2.22. The van der Waals surface area contributed by atoms with Crippen LogP contribution in [0.1, 0.15) is 39.0 Å². The van der Waals surface area contributed by atoms with Gasteiger partial charge in [0.15, 0.2) is 5.78 Å². The zero-order valence-electron chi connectivity index (χ0n) is 11.1. The molecule has 1 aliphatic rings. The molecule has 1 rings (SSSR count). The first kappa shape index (κ1) is 15.1. The number of rotatable bonds is 7. The van der Waals surface area contributed by atoms with E-state index in [1.807, 2.05) is 0 Å². The second-order valence-corrected chi connectivity index (χ2v) is 4.48. The van der Waals surface area contributed by atoms with E-state index >= 15 is 0 Å². The topological polar surface area (TPSA) is 61.8 Å². The van der Waals surface area contributed by atoms with Gasteiger partial charge in [-0.25, -0.2) is 0 Å². The van der Waals surface area contributed by atoms with Gasteiger partial charge < -0.3 is 14.2 Å². The molecule has 104 valence electrons. The van der Waals surface area contributed by atoms with E-state index in [0.29, 0.717) is 6.61 Å². The molecule has 0 N–H and O–H groups in total. The normalized spacial score (nSPS) is 23.7. The molecule has 2 unspecified atom stereocenters. The van der Waals surface area contributed by atoms with Crippen molar-refractivity contribution in [1.29, 1.82) is 0 Å². The second kappa shape index (κ2) is 8.21. The van der Waals surface area contributed by atoms with Crippen LogP contribution in [0.3, 0.4) is 0 Å². The minimum Gasteiger partial charge on any atom is -0.466 e. The van der Waals surface area contributed by atoms with Crippen LogP contribution in [-0.2, 0) is 23.8 Å². The quantitative estimate of drug-likeness (QED) is 0.511. The van der Waals surface area contributed by atoms with Crippen molar-refractivity contribution in [3.05, 3.63) is 0 Å². The molecule has 0 aliphatic heterocycles. The predicted octanol–water partition coefficient (Wildman–Crippen LogP) is 1.48. The van der Waals surface area contributed by atoms with Gasteiger partial charge in [-0.15, -0.1) is 0 Å². The van der Waals surface area contributed by atoms with Crippen molar-refractivity contribution in [2.45, 2.75) is 51.2 Å². The van der Waals surface area contributed by atoms with Crippen molar-refractivity contribution in [1.82, 2.24) is 0 Å². The summed E-state index contributed by atoms with van der Waals surface area (Å²) in [5.74, 6) is -0.711. The van der Waals surface area contributed by atoms with Crippen LogP contribution in [0.5, 0.6) is 0 Å². The Balaban J connectivity index is 2.19. The Hall–Kier alpha value is -0.940. The Labute approximate surface area is 108 Å². The lowest BCUT2D eigenvalue weighted by atomic mass is 9.95. The molecule has 0 saturated heterocycles. The summed E-state index contributed by atoms with van der Waals surface area (Å²) in [6, 6.07) is 0. The van der Waals surface area contributed by atoms with Crippen molar-refractivity contribution in [2.75, 3.05) is 20.3 Å². The number of ether oxygens (including phenoxy) is 3. The van der Waals surface area contributed by atoms with E-state index in [1.165, 1.54) is 0 Å². The lowest BCUT2D eigenvalue weighted by Gasteiger charge is -2.27. The molecule has 2 atom stereocenters. The van der Waals surface area contributed by atoms with Crippen LogP contribution in [-0.4, -0.2) is 44.3 Å². The van der Waals surface area contributed by atoms with E-state index < -0.39 is 5.97 Å². The SMILES string of the molecule is CCOC(=O)CC(=O)COC1CCCC(OC)C1. The fourth-order valence-corrected chi connectivity index (χ4v) is 2.10. The monoisotopic (exact) mass is 258 g/mol. The number of ketones is 1. The number of Topliss-reactive ketones (excluding diaryl/α,β-unsaturated/α-hetero) is 1. The maximum Gasteiger partial charge on any atom is 0.313 e. The van der Waals surface area contributed by atoms with Crippen LogP contribution in [0.2, 0.25) is 0 Å². The fraction of sp³-hybridized carbons (Fsp3) is 0.846. The smallest absolute Gasteiger partial charge is 0.313 e. The lowest BCUT2D eigenvalue weighted by Crippen LogP contribution is -2.29. The van der Waals surface area contributed by atoms with E-state index in [0.717, 1.165) is 25.7 Å². The van der Waals surface area contributed by atoms with Crippen LogP contribution >= 0.6 is 0 Å². The summed E-state index contributed by atoms with van der Waals surface area (Å²) in [4.78, 5) is 22.5. The summed E-state index contributed by atoms with van der Waals surface area (Å²) >= 11 is 0. The van der Waals surface area contributed by atoms with Crippen molar-refractivity contribution in [3.8, 4) is 0 Å². The average molecular weight is 258 g/mol. The molecule has 5 heteroatoms. The summed E-state index contributed by atoms with van der Waals surface area (Å²) in [5, 5.41) is 0. The van der Waals surface area contributed by atoms with Gasteiger partial charge in [-0.3, -0.25) is 9.59 Å². The van der Waals surface area contributed by atoms with Crippen LogP contribution in [0.4, 0.5) is 0 Å². The molecule has 0 amide bonds. The van der Waals surface area contributed by atoms with Gasteiger partial charge in [-0.1, -0.05) is 0 Å². The third-order valence-electron chi connectivity index (χ3n) is 3.04. The Kier molecular flexibility index (Phi) is 6.90. The predicted molar refractivity (Wildman–Crippen MR) is 65.3 cm³/mol. The number of carbonyl (C=O) groups excluding carboxylic acids is 2. The molecule has 0 aromatic carbocycles. The van der Waals surface area contributed by atoms with E-state index in [1.54, 1.807) is 14.0 Å². The summed E-state index contributed by atoms with van der Waals surface area (Å²) in [6.45, 7) is 2.00. The standard InChI is InChI=1S/C13H22O5/c1-3-17-13(15)7-10(14)9-18-12-6-4-5-11(8-12)16-2/h11-12H,3-9H2,1-2H3. The van der Waals surface area contributed by atoms with Gasteiger partial charge in [0.2, 0.25) is 0 Å². The Morgan fingerprint density at radius 1 is 1.22 bits per heavy atom. The second-order valence-electron chi connectivity index (χ2n) is 4.48. The molecule has 1 aliphatic carbocycles. The number of esters is 1. The highest BCUT2D eigenvalue weighted by atomic mass is 16.5. The van der Waals surface area contributed by atoms with Gasteiger partial charge in [0.05, 0.1) is 18.8 Å². The summed E-state index contributed by atoms with van der Waals surface area (Å²) < 4.78 is 15.5. The average Bonchev–Trinajstić information content (AvgIpc) is 2.37. The van der Waals surface area contributed by atoms with Crippen LogP contribution in [0.25, 0.3) is 0 Å². The molecule has 1 fully saturated rings. The highest BCUT2D eigenvalue weighted by Gasteiger charge is 2.23. The molecule has 0 bridgehead atoms. The lowest BCUT2D eigenvalue weighted by molar-refractivity contribution is -0.147. The van der Waals surface area contributed by atoms with Crippen molar-refractivity contribution in [2.24, 2.45) is 0 Å². The largest absolute Gasteiger partial charge is 0.466 e. The van der Waals surface area contributed by atoms with Gasteiger partial charge in [0, 0.05) is 7.11 Å².